The summed E-state index contributed by atoms with van der Waals surface area (Å²) in [5, 5.41) is 7.58. The molecule has 0 spiro atoms. The Bertz CT molecular complexity index is 874. The number of likely N-dealkylation sites (tertiary alicyclic amines) is 1. The fourth-order valence-electron chi connectivity index (χ4n) is 4.48. The topological polar surface area (TPSA) is 74.3 Å². The van der Waals surface area contributed by atoms with Crippen LogP contribution in [0.4, 0.5) is 0 Å². The number of fused-ring (bicyclic) bond motifs is 3. The van der Waals surface area contributed by atoms with E-state index >= 15 is 0 Å². The van der Waals surface area contributed by atoms with Crippen molar-refractivity contribution < 1.29 is 9.59 Å². The molecule has 5 rings (SSSR count). The van der Waals surface area contributed by atoms with Crippen molar-refractivity contribution in [1.29, 1.82) is 0 Å². The molecule has 136 valence electrons. The molecular formula is C19H22N4O2S. The Kier molecular flexibility index (Phi) is 3.94. The van der Waals surface area contributed by atoms with Crippen LogP contribution in [-0.2, 0) is 0 Å². The zero-order valence-corrected chi connectivity index (χ0v) is 15.3. The largest absolute Gasteiger partial charge is 0.346 e. The molecule has 2 bridgehead atoms. The minimum Gasteiger partial charge on any atom is -0.346 e. The Morgan fingerprint density at radius 2 is 2.08 bits per heavy atom. The summed E-state index contributed by atoms with van der Waals surface area (Å²) in [6, 6.07) is 4.87. The Morgan fingerprint density at radius 3 is 2.81 bits per heavy atom. The number of rotatable bonds is 3. The number of pyridine rings is 1. The first-order chi connectivity index (χ1) is 12.7. The number of nitrogens with one attached hydrogen (secondary N) is 2. The van der Waals surface area contributed by atoms with E-state index in [1.807, 2.05) is 17.0 Å². The summed E-state index contributed by atoms with van der Waals surface area (Å²) >= 11 is 1.46. The maximum atomic E-state index is 12.6. The van der Waals surface area contributed by atoms with Gasteiger partial charge in [0.05, 0.1) is 9.58 Å². The van der Waals surface area contributed by atoms with Crippen LogP contribution in [0.5, 0.6) is 0 Å². The fraction of sp³-hybridized carbons (Fsp3) is 0.526. The standard InChI is InChI=1S/C19H22N4O2S/c24-18(22-14-9-12-3-4-13(14)21-12)15-7-11-8-16(26-17(11)10-20-15)19(25)23-5-1-2-6-23/h7-8,10,12-14,21H,1-6,9H2,(H,22,24)/t12-,13+,14-/m1/s1. The Morgan fingerprint density at radius 1 is 1.23 bits per heavy atom. The zero-order chi connectivity index (χ0) is 17.7. The normalized spacial score (nSPS) is 27.4. The Hall–Kier alpha value is -1.99. The van der Waals surface area contributed by atoms with Crippen LogP contribution in [0.2, 0.25) is 0 Å². The maximum Gasteiger partial charge on any atom is 0.270 e. The van der Waals surface area contributed by atoms with Crippen molar-refractivity contribution in [1.82, 2.24) is 20.5 Å². The van der Waals surface area contributed by atoms with Crippen molar-refractivity contribution in [3.8, 4) is 0 Å². The molecule has 0 radical (unpaired) electrons. The summed E-state index contributed by atoms with van der Waals surface area (Å²) < 4.78 is 0.950. The van der Waals surface area contributed by atoms with Gasteiger partial charge in [-0.3, -0.25) is 9.59 Å². The monoisotopic (exact) mass is 370 g/mol. The van der Waals surface area contributed by atoms with Gasteiger partial charge in [0.15, 0.2) is 0 Å². The molecule has 2 amide bonds. The van der Waals surface area contributed by atoms with Crippen LogP contribution in [-0.4, -0.2) is 52.9 Å². The van der Waals surface area contributed by atoms with Gasteiger partial charge in [-0.2, -0.15) is 0 Å². The molecule has 7 heteroatoms. The van der Waals surface area contributed by atoms with Crippen molar-refractivity contribution in [2.75, 3.05) is 13.1 Å². The first-order valence-corrected chi connectivity index (χ1v) is 10.2. The second-order valence-corrected chi connectivity index (χ2v) is 8.66. The van der Waals surface area contributed by atoms with Crippen LogP contribution < -0.4 is 10.6 Å². The van der Waals surface area contributed by atoms with E-state index in [4.69, 9.17) is 0 Å². The van der Waals surface area contributed by atoms with E-state index < -0.39 is 0 Å². The molecule has 3 fully saturated rings. The third kappa shape index (κ3) is 2.79. The third-order valence-electron chi connectivity index (χ3n) is 5.86. The van der Waals surface area contributed by atoms with Gasteiger partial charge in [0.1, 0.15) is 5.69 Å². The number of hydrogen-bond acceptors (Lipinski definition) is 5. The lowest BCUT2D eigenvalue weighted by atomic mass is 9.95. The van der Waals surface area contributed by atoms with Gasteiger partial charge in [0, 0.05) is 37.4 Å². The molecule has 26 heavy (non-hydrogen) atoms. The van der Waals surface area contributed by atoms with Gasteiger partial charge < -0.3 is 15.5 Å². The second kappa shape index (κ2) is 6.32. The van der Waals surface area contributed by atoms with E-state index in [1.165, 1.54) is 17.8 Å². The lowest BCUT2D eigenvalue weighted by Crippen LogP contribution is -2.43. The van der Waals surface area contributed by atoms with Gasteiger partial charge in [-0.15, -0.1) is 11.3 Å². The van der Waals surface area contributed by atoms with Crippen LogP contribution in [0.25, 0.3) is 10.1 Å². The van der Waals surface area contributed by atoms with Gasteiger partial charge in [-0.25, -0.2) is 4.98 Å². The predicted molar refractivity (Wildman–Crippen MR) is 101 cm³/mol. The molecule has 3 atom stereocenters. The van der Waals surface area contributed by atoms with Gasteiger partial charge in [0.2, 0.25) is 0 Å². The van der Waals surface area contributed by atoms with E-state index in [0.29, 0.717) is 17.8 Å². The van der Waals surface area contributed by atoms with E-state index in [2.05, 4.69) is 15.6 Å². The molecule has 6 nitrogen and oxygen atoms in total. The quantitative estimate of drug-likeness (QED) is 0.868. The highest BCUT2D eigenvalue weighted by atomic mass is 32.1. The van der Waals surface area contributed by atoms with Crippen LogP contribution in [0.1, 0.15) is 52.3 Å². The van der Waals surface area contributed by atoms with E-state index in [-0.39, 0.29) is 17.9 Å². The number of thiophene rings is 1. The molecular weight excluding hydrogens is 348 g/mol. The number of nitrogens with zero attached hydrogens (tertiary/aromatic N) is 2. The average molecular weight is 370 g/mol. The van der Waals surface area contributed by atoms with Gasteiger partial charge >= 0.3 is 0 Å². The molecule has 0 saturated carbocycles. The minimum absolute atomic E-state index is 0.0998. The van der Waals surface area contributed by atoms with Gasteiger partial charge in [0.25, 0.3) is 11.8 Å². The molecule has 0 aromatic carbocycles. The fourth-order valence-corrected chi connectivity index (χ4v) is 5.46. The Balaban J connectivity index is 1.34. The van der Waals surface area contributed by atoms with Crippen LogP contribution >= 0.6 is 11.3 Å². The van der Waals surface area contributed by atoms with Crippen molar-refractivity contribution in [3.63, 3.8) is 0 Å². The first kappa shape index (κ1) is 16.2. The molecule has 3 aliphatic rings. The second-order valence-electron chi connectivity index (χ2n) is 7.58. The highest BCUT2D eigenvalue weighted by molar-refractivity contribution is 7.20. The molecule has 3 aliphatic heterocycles. The van der Waals surface area contributed by atoms with E-state index in [1.54, 1.807) is 6.20 Å². The van der Waals surface area contributed by atoms with E-state index in [9.17, 15) is 9.59 Å². The summed E-state index contributed by atoms with van der Waals surface area (Å²) in [6.07, 6.45) is 7.24. The van der Waals surface area contributed by atoms with Crippen molar-refractivity contribution in [3.05, 3.63) is 28.9 Å². The molecule has 0 unspecified atom stereocenters. The first-order valence-electron chi connectivity index (χ1n) is 9.43. The molecule has 2 aromatic heterocycles. The summed E-state index contributed by atoms with van der Waals surface area (Å²) in [7, 11) is 0. The zero-order valence-electron chi connectivity index (χ0n) is 14.5. The minimum atomic E-state index is -0.120. The van der Waals surface area contributed by atoms with Gasteiger partial charge in [-0.05, 0) is 49.6 Å². The number of carbonyl (C=O) groups is 2. The lowest BCUT2D eigenvalue weighted by molar-refractivity contribution is 0.0797. The summed E-state index contributed by atoms with van der Waals surface area (Å²) in [5.74, 6) is -0.0207. The SMILES string of the molecule is O=C(N[C@@H]1C[C@H]2CC[C@@H]1N2)c1cc2cc(C(=O)N3CCCC3)sc2cn1. The molecule has 2 N–H and O–H groups in total. The number of aromatic nitrogens is 1. The molecule has 0 aliphatic carbocycles. The molecule has 3 saturated heterocycles. The summed E-state index contributed by atoms with van der Waals surface area (Å²) in [4.78, 5) is 32.1. The van der Waals surface area contributed by atoms with Crippen molar-refractivity contribution >= 4 is 33.2 Å². The Labute approximate surface area is 156 Å². The van der Waals surface area contributed by atoms with Gasteiger partial charge in [-0.1, -0.05) is 0 Å². The molecule has 2 aromatic rings. The van der Waals surface area contributed by atoms with Crippen LogP contribution in [0.15, 0.2) is 18.3 Å². The maximum absolute atomic E-state index is 12.6. The highest BCUT2D eigenvalue weighted by Gasteiger charge is 2.39. The smallest absolute Gasteiger partial charge is 0.270 e. The number of hydrogen-bond donors (Lipinski definition) is 2. The average Bonchev–Trinajstić information content (AvgIpc) is 3.43. The predicted octanol–water partition coefficient (Wildman–Crippen LogP) is 2.15. The number of amides is 2. The third-order valence-corrected chi connectivity index (χ3v) is 6.93. The molecule has 5 heterocycles. The summed E-state index contributed by atoms with van der Waals surface area (Å²) in [5.41, 5.74) is 0.429. The van der Waals surface area contributed by atoms with Crippen LogP contribution in [0.3, 0.4) is 0 Å². The highest BCUT2D eigenvalue weighted by Crippen LogP contribution is 2.29. The van der Waals surface area contributed by atoms with Crippen LogP contribution in [0, 0.1) is 0 Å². The number of carbonyl (C=O) groups excluding carboxylic acids is 2. The lowest BCUT2D eigenvalue weighted by Gasteiger charge is -2.21. The van der Waals surface area contributed by atoms with Crippen molar-refractivity contribution in [2.24, 2.45) is 0 Å². The van der Waals surface area contributed by atoms with Crippen molar-refractivity contribution in [2.45, 2.75) is 50.2 Å². The summed E-state index contributed by atoms with van der Waals surface area (Å²) in [6.45, 7) is 1.69. The van der Waals surface area contributed by atoms with E-state index in [0.717, 1.165) is 53.7 Å².